The molecule has 84 valence electrons. The number of halogens is 1. The van der Waals surface area contributed by atoms with Gasteiger partial charge in [0, 0.05) is 19.8 Å². The van der Waals surface area contributed by atoms with Gasteiger partial charge in [-0.2, -0.15) is 5.26 Å². The van der Waals surface area contributed by atoms with E-state index in [-0.39, 0.29) is 18.0 Å². The number of hydrogen-bond donors (Lipinski definition) is 1. The molecule has 1 amide bonds. The van der Waals surface area contributed by atoms with Gasteiger partial charge in [0.25, 0.3) is 0 Å². The monoisotopic (exact) mass is 221 g/mol. The van der Waals surface area contributed by atoms with Gasteiger partial charge >= 0.3 is 0 Å². The highest BCUT2D eigenvalue weighted by atomic mass is 19.1. The van der Waals surface area contributed by atoms with Crippen molar-refractivity contribution < 1.29 is 9.18 Å². The summed E-state index contributed by atoms with van der Waals surface area (Å²) in [7, 11) is 3.19. The first-order chi connectivity index (χ1) is 7.56. The first-order valence-corrected chi connectivity index (χ1v) is 4.69. The lowest BCUT2D eigenvalue weighted by Gasteiger charge is -2.18. The third-order valence-corrected chi connectivity index (χ3v) is 2.11. The van der Waals surface area contributed by atoms with E-state index in [1.165, 1.54) is 19.2 Å². The molecule has 4 nitrogen and oxygen atoms in total. The average molecular weight is 221 g/mol. The molecule has 0 aromatic heterocycles. The Kier molecular flexibility index (Phi) is 3.84. The lowest BCUT2D eigenvalue weighted by molar-refractivity contribution is -0.119. The lowest BCUT2D eigenvalue weighted by Crippen LogP contribution is -2.33. The van der Waals surface area contributed by atoms with Crippen LogP contribution in [-0.4, -0.2) is 26.5 Å². The Hall–Kier alpha value is -2.09. The Morgan fingerprint density at radius 3 is 2.81 bits per heavy atom. The molecule has 0 aliphatic carbocycles. The molecule has 0 unspecified atom stereocenters. The number of likely N-dealkylation sites (N-methyl/N-ethyl adjacent to an activating group) is 2. The van der Waals surface area contributed by atoms with Crippen molar-refractivity contribution in [2.75, 3.05) is 25.5 Å². The third kappa shape index (κ3) is 2.95. The third-order valence-electron chi connectivity index (χ3n) is 2.11. The molecule has 0 aliphatic rings. The van der Waals surface area contributed by atoms with Crippen LogP contribution in [0.25, 0.3) is 0 Å². The highest BCUT2D eigenvalue weighted by Gasteiger charge is 2.08. The molecule has 0 spiro atoms. The maximum Gasteiger partial charge on any atom is 0.239 e. The largest absolute Gasteiger partial charge is 0.365 e. The van der Waals surface area contributed by atoms with E-state index in [0.29, 0.717) is 5.69 Å². The smallest absolute Gasteiger partial charge is 0.239 e. The zero-order chi connectivity index (χ0) is 12.1. The fourth-order valence-corrected chi connectivity index (χ4v) is 1.24. The molecule has 5 heteroatoms. The fraction of sp³-hybridized carbons (Fsp3) is 0.273. The molecule has 1 aromatic carbocycles. The molecule has 16 heavy (non-hydrogen) atoms. The second kappa shape index (κ2) is 5.12. The van der Waals surface area contributed by atoms with E-state index in [9.17, 15) is 9.18 Å². The summed E-state index contributed by atoms with van der Waals surface area (Å²) in [6.45, 7) is 0.116. The molecule has 1 aromatic rings. The van der Waals surface area contributed by atoms with E-state index >= 15 is 0 Å². The molecule has 0 radical (unpaired) electrons. The molecule has 1 N–H and O–H groups in total. The Bertz CT molecular complexity index is 439. The van der Waals surface area contributed by atoms with Gasteiger partial charge in [-0.1, -0.05) is 0 Å². The molecular formula is C11H12FN3O. The zero-order valence-corrected chi connectivity index (χ0v) is 9.12. The van der Waals surface area contributed by atoms with Crippen LogP contribution in [0.5, 0.6) is 0 Å². The van der Waals surface area contributed by atoms with Gasteiger partial charge < -0.3 is 10.2 Å². The summed E-state index contributed by atoms with van der Waals surface area (Å²) in [5, 5.41) is 11.2. The van der Waals surface area contributed by atoms with Crippen molar-refractivity contribution in [1.82, 2.24) is 5.32 Å². The summed E-state index contributed by atoms with van der Waals surface area (Å²) in [4.78, 5) is 12.7. The standard InChI is InChI=1S/C11H12FN3O/c1-14-11(16)7-15(2)10-4-8(6-13)3-9(12)5-10/h3-5H,7H2,1-2H3,(H,14,16). The van der Waals surface area contributed by atoms with Crippen molar-refractivity contribution in [3.63, 3.8) is 0 Å². The Labute approximate surface area is 93.3 Å². The van der Waals surface area contributed by atoms with Gasteiger partial charge in [0.05, 0.1) is 18.2 Å². The summed E-state index contributed by atoms with van der Waals surface area (Å²) < 4.78 is 13.1. The highest BCUT2D eigenvalue weighted by molar-refractivity contribution is 5.80. The number of hydrogen-bond acceptors (Lipinski definition) is 3. The normalized spacial score (nSPS) is 9.38. The summed E-state index contributed by atoms with van der Waals surface area (Å²) in [6.07, 6.45) is 0. The van der Waals surface area contributed by atoms with Crippen LogP contribution in [0.1, 0.15) is 5.56 Å². The van der Waals surface area contributed by atoms with E-state index in [1.807, 2.05) is 6.07 Å². The molecule has 0 aliphatic heterocycles. The van der Waals surface area contributed by atoms with Gasteiger partial charge in [-0.05, 0) is 18.2 Å². The van der Waals surface area contributed by atoms with Crippen LogP contribution in [0, 0.1) is 17.1 Å². The second-order valence-electron chi connectivity index (χ2n) is 3.34. The number of anilines is 1. The summed E-state index contributed by atoms with van der Waals surface area (Å²) in [6, 6.07) is 5.83. The maximum absolute atomic E-state index is 13.1. The first-order valence-electron chi connectivity index (χ1n) is 4.69. The maximum atomic E-state index is 13.1. The van der Waals surface area contributed by atoms with E-state index < -0.39 is 5.82 Å². The highest BCUT2D eigenvalue weighted by Crippen LogP contribution is 2.16. The van der Waals surface area contributed by atoms with Crippen LogP contribution in [0.4, 0.5) is 10.1 Å². The van der Waals surface area contributed by atoms with Crippen molar-refractivity contribution in [3.05, 3.63) is 29.6 Å². The molecule has 1 rings (SSSR count). The van der Waals surface area contributed by atoms with Gasteiger partial charge in [0.15, 0.2) is 0 Å². The number of nitrogens with one attached hydrogen (secondary N) is 1. The molecule has 0 saturated carbocycles. The summed E-state index contributed by atoms with van der Waals surface area (Å²) >= 11 is 0. The van der Waals surface area contributed by atoms with Crippen molar-refractivity contribution in [3.8, 4) is 6.07 Å². The zero-order valence-electron chi connectivity index (χ0n) is 9.12. The Balaban J connectivity index is 2.91. The van der Waals surface area contributed by atoms with Crippen molar-refractivity contribution in [1.29, 1.82) is 5.26 Å². The van der Waals surface area contributed by atoms with E-state index in [2.05, 4.69) is 5.32 Å². The molecule has 0 saturated heterocycles. The average Bonchev–Trinajstić information content (AvgIpc) is 2.27. The Morgan fingerprint density at radius 2 is 2.25 bits per heavy atom. The van der Waals surface area contributed by atoms with Crippen LogP contribution < -0.4 is 10.2 Å². The van der Waals surface area contributed by atoms with Gasteiger partial charge in [-0.3, -0.25) is 4.79 Å². The van der Waals surface area contributed by atoms with Crippen LogP contribution in [0.3, 0.4) is 0 Å². The number of benzene rings is 1. The molecule has 0 bridgehead atoms. The first kappa shape index (κ1) is 12.0. The Morgan fingerprint density at radius 1 is 1.56 bits per heavy atom. The van der Waals surface area contributed by atoms with Crippen molar-refractivity contribution in [2.24, 2.45) is 0 Å². The van der Waals surface area contributed by atoms with E-state index in [0.717, 1.165) is 6.07 Å². The minimum absolute atomic E-state index is 0.116. The minimum Gasteiger partial charge on any atom is -0.365 e. The van der Waals surface area contributed by atoms with E-state index in [4.69, 9.17) is 5.26 Å². The number of carbonyl (C=O) groups is 1. The van der Waals surface area contributed by atoms with Crippen LogP contribution in [0.2, 0.25) is 0 Å². The molecule has 0 atom stereocenters. The topological polar surface area (TPSA) is 56.1 Å². The SMILES string of the molecule is CNC(=O)CN(C)c1cc(F)cc(C#N)c1. The van der Waals surface area contributed by atoms with Gasteiger partial charge in [-0.25, -0.2) is 4.39 Å². The van der Waals surface area contributed by atoms with E-state index in [1.54, 1.807) is 11.9 Å². The molecular weight excluding hydrogens is 209 g/mol. The van der Waals surface area contributed by atoms with Gasteiger partial charge in [0.1, 0.15) is 5.82 Å². The number of nitrogens with zero attached hydrogens (tertiary/aromatic N) is 2. The van der Waals surface area contributed by atoms with Crippen molar-refractivity contribution in [2.45, 2.75) is 0 Å². The minimum atomic E-state index is -0.488. The number of amides is 1. The second-order valence-corrected chi connectivity index (χ2v) is 3.34. The predicted molar refractivity (Wildman–Crippen MR) is 58.5 cm³/mol. The quantitative estimate of drug-likeness (QED) is 0.824. The number of nitriles is 1. The van der Waals surface area contributed by atoms with Crippen LogP contribution in [-0.2, 0) is 4.79 Å². The van der Waals surface area contributed by atoms with Gasteiger partial charge in [-0.15, -0.1) is 0 Å². The van der Waals surface area contributed by atoms with Crippen LogP contribution in [0.15, 0.2) is 18.2 Å². The summed E-state index contributed by atoms with van der Waals surface area (Å²) in [5.74, 6) is -0.664. The van der Waals surface area contributed by atoms with Gasteiger partial charge in [0.2, 0.25) is 5.91 Å². The summed E-state index contributed by atoms with van der Waals surface area (Å²) in [5.41, 5.74) is 0.735. The molecule has 0 heterocycles. The molecule has 0 fully saturated rings. The van der Waals surface area contributed by atoms with Crippen molar-refractivity contribution >= 4 is 11.6 Å². The predicted octanol–water partition coefficient (Wildman–Crippen LogP) is 0.880. The number of carbonyl (C=O) groups excluding carboxylic acids is 1. The number of rotatable bonds is 3. The fourth-order valence-electron chi connectivity index (χ4n) is 1.24. The lowest BCUT2D eigenvalue weighted by atomic mass is 10.2. The van der Waals surface area contributed by atoms with Crippen LogP contribution >= 0.6 is 0 Å².